The number of carbonyl (C=O) groups excluding carboxylic acids is 1. The van der Waals surface area contributed by atoms with E-state index in [9.17, 15) is 4.79 Å². The summed E-state index contributed by atoms with van der Waals surface area (Å²) in [7, 11) is 0. The fraction of sp³-hybridized carbons (Fsp3) is 0.467. The molecule has 0 unspecified atom stereocenters. The topological polar surface area (TPSA) is 65.5 Å². The Morgan fingerprint density at radius 1 is 1.32 bits per heavy atom. The highest BCUT2D eigenvalue weighted by Crippen LogP contribution is 2.18. The van der Waals surface area contributed by atoms with Gasteiger partial charge in [0.1, 0.15) is 0 Å². The SMILES string of the molecule is CCNC(=NCc1ccccc1Cl)NCC(=O)NC1CC1.I. The van der Waals surface area contributed by atoms with E-state index in [-0.39, 0.29) is 36.4 Å². The number of amides is 1. The summed E-state index contributed by atoms with van der Waals surface area (Å²) in [4.78, 5) is 16.1. The van der Waals surface area contributed by atoms with E-state index in [1.165, 1.54) is 0 Å². The van der Waals surface area contributed by atoms with Crippen molar-refractivity contribution in [2.45, 2.75) is 32.4 Å². The molecule has 1 amide bonds. The normalized spacial score (nSPS) is 14.0. The Kier molecular flexibility index (Phi) is 8.55. The summed E-state index contributed by atoms with van der Waals surface area (Å²) < 4.78 is 0. The second kappa shape index (κ2) is 9.89. The number of guanidine groups is 1. The zero-order chi connectivity index (χ0) is 15.1. The molecule has 0 heterocycles. The molecule has 0 radical (unpaired) electrons. The molecule has 22 heavy (non-hydrogen) atoms. The van der Waals surface area contributed by atoms with Crippen molar-refractivity contribution in [3.05, 3.63) is 34.9 Å². The van der Waals surface area contributed by atoms with Crippen LogP contribution >= 0.6 is 35.6 Å². The van der Waals surface area contributed by atoms with E-state index in [1.807, 2.05) is 31.2 Å². The van der Waals surface area contributed by atoms with Gasteiger partial charge in [-0.2, -0.15) is 0 Å². The lowest BCUT2D eigenvalue weighted by Gasteiger charge is -2.11. The van der Waals surface area contributed by atoms with Gasteiger partial charge in [-0.15, -0.1) is 24.0 Å². The lowest BCUT2D eigenvalue weighted by atomic mass is 10.2. The summed E-state index contributed by atoms with van der Waals surface area (Å²) in [6.45, 7) is 3.42. The maximum absolute atomic E-state index is 11.7. The molecule has 0 bridgehead atoms. The number of hydrogen-bond donors (Lipinski definition) is 3. The zero-order valence-electron chi connectivity index (χ0n) is 12.6. The van der Waals surface area contributed by atoms with Crippen LogP contribution in [-0.4, -0.2) is 31.0 Å². The molecule has 0 atom stereocenters. The maximum atomic E-state index is 11.7. The van der Waals surface area contributed by atoms with Gasteiger partial charge in [0.2, 0.25) is 5.91 Å². The van der Waals surface area contributed by atoms with Crippen LogP contribution in [0.25, 0.3) is 0 Å². The molecule has 1 saturated carbocycles. The highest BCUT2D eigenvalue weighted by Gasteiger charge is 2.22. The van der Waals surface area contributed by atoms with Crippen molar-refractivity contribution < 1.29 is 4.79 Å². The van der Waals surface area contributed by atoms with E-state index in [1.54, 1.807) is 0 Å². The maximum Gasteiger partial charge on any atom is 0.239 e. The van der Waals surface area contributed by atoms with E-state index in [2.05, 4.69) is 20.9 Å². The van der Waals surface area contributed by atoms with Gasteiger partial charge in [-0.05, 0) is 31.4 Å². The van der Waals surface area contributed by atoms with E-state index in [0.717, 1.165) is 24.9 Å². The van der Waals surface area contributed by atoms with Crippen LogP contribution in [0.5, 0.6) is 0 Å². The fourth-order valence-electron chi connectivity index (χ4n) is 1.80. The van der Waals surface area contributed by atoms with E-state index >= 15 is 0 Å². The largest absolute Gasteiger partial charge is 0.357 e. The number of hydrogen-bond acceptors (Lipinski definition) is 2. The first-order valence-corrected chi connectivity index (χ1v) is 7.61. The molecule has 2 rings (SSSR count). The number of benzene rings is 1. The van der Waals surface area contributed by atoms with Gasteiger partial charge in [0.25, 0.3) is 0 Å². The number of carbonyl (C=O) groups is 1. The number of nitrogens with one attached hydrogen (secondary N) is 3. The molecule has 3 N–H and O–H groups in total. The Balaban J connectivity index is 0.00000242. The van der Waals surface area contributed by atoms with Gasteiger partial charge >= 0.3 is 0 Å². The average Bonchev–Trinajstić information content (AvgIpc) is 3.27. The van der Waals surface area contributed by atoms with Gasteiger partial charge in [0, 0.05) is 17.6 Å². The van der Waals surface area contributed by atoms with Gasteiger partial charge < -0.3 is 16.0 Å². The van der Waals surface area contributed by atoms with E-state index < -0.39 is 0 Å². The Labute approximate surface area is 153 Å². The molecule has 5 nitrogen and oxygen atoms in total. The Bertz CT molecular complexity index is 520. The lowest BCUT2D eigenvalue weighted by molar-refractivity contribution is -0.120. The van der Waals surface area contributed by atoms with Crippen molar-refractivity contribution in [1.29, 1.82) is 0 Å². The lowest BCUT2D eigenvalue weighted by Crippen LogP contribution is -2.43. The molecular weight excluding hydrogens is 415 g/mol. The predicted octanol–water partition coefficient (Wildman–Crippen LogP) is 2.29. The second-order valence-electron chi connectivity index (χ2n) is 4.98. The monoisotopic (exact) mass is 436 g/mol. The first-order valence-electron chi connectivity index (χ1n) is 7.24. The van der Waals surface area contributed by atoms with Gasteiger partial charge in [0.15, 0.2) is 5.96 Å². The van der Waals surface area contributed by atoms with Crippen LogP contribution in [0.4, 0.5) is 0 Å². The number of nitrogens with zero attached hydrogens (tertiary/aromatic N) is 1. The number of rotatable bonds is 6. The average molecular weight is 437 g/mol. The van der Waals surface area contributed by atoms with Crippen LogP contribution in [0.15, 0.2) is 29.3 Å². The van der Waals surface area contributed by atoms with Crippen LogP contribution in [0.3, 0.4) is 0 Å². The van der Waals surface area contributed by atoms with Crippen LogP contribution in [-0.2, 0) is 11.3 Å². The van der Waals surface area contributed by atoms with Crippen molar-refractivity contribution in [1.82, 2.24) is 16.0 Å². The molecule has 1 aliphatic carbocycles. The molecule has 0 aromatic heterocycles. The molecule has 1 aromatic carbocycles. The van der Waals surface area contributed by atoms with Crippen LogP contribution in [0, 0.1) is 0 Å². The minimum atomic E-state index is 0. The van der Waals surface area contributed by atoms with Crippen molar-refractivity contribution >= 4 is 47.4 Å². The minimum absolute atomic E-state index is 0. The molecule has 0 saturated heterocycles. The molecular formula is C15H22ClIN4O. The second-order valence-corrected chi connectivity index (χ2v) is 5.39. The van der Waals surface area contributed by atoms with E-state index in [0.29, 0.717) is 23.6 Å². The Hall–Kier alpha value is -1.02. The third kappa shape index (κ3) is 6.83. The summed E-state index contributed by atoms with van der Waals surface area (Å²) in [5.74, 6) is 0.615. The summed E-state index contributed by atoms with van der Waals surface area (Å²) in [5.41, 5.74) is 0.957. The van der Waals surface area contributed by atoms with E-state index in [4.69, 9.17) is 11.6 Å². The highest BCUT2D eigenvalue weighted by molar-refractivity contribution is 14.0. The first-order chi connectivity index (χ1) is 10.2. The smallest absolute Gasteiger partial charge is 0.239 e. The Morgan fingerprint density at radius 3 is 2.68 bits per heavy atom. The van der Waals surface area contributed by atoms with Crippen molar-refractivity contribution in [2.24, 2.45) is 4.99 Å². The van der Waals surface area contributed by atoms with Gasteiger partial charge in [-0.25, -0.2) is 4.99 Å². The number of halogens is 2. The van der Waals surface area contributed by atoms with Crippen molar-refractivity contribution in [3.63, 3.8) is 0 Å². The summed E-state index contributed by atoms with van der Waals surface area (Å²) in [5, 5.41) is 9.77. The molecule has 1 fully saturated rings. The van der Waals surface area contributed by atoms with Gasteiger partial charge in [-0.1, -0.05) is 29.8 Å². The van der Waals surface area contributed by atoms with Crippen LogP contribution in [0.1, 0.15) is 25.3 Å². The predicted molar refractivity (Wildman–Crippen MR) is 101 cm³/mol. The Morgan fingerprint density at radius 2 is 2.05 bits per heavy atom. The molecule has 7 heteroatoms. The summed E-state index contributed by atoms with van der Waals surface area (Å²) in [6.07, 6.45) is 2.18. The third-order valence-electron chi connectivity index (χ3n) is 3.07. The third-order valence-corrected chi connectivity index (χ3v) is 3.44. The van der Waals surface area contributed by atoms with Gasteiger partial charge in [-0.3, -0.25) is 4.79 Å². The quantitative estimate of drug-likeness (QED) is 0.364. The zero-order valence-corrected chi connectivity index (χ0v) is 15.7. The van der Waals surface area contributed by atoms with Crippen LogP contribution < -0.4 is 16.0 Å². The van der Waals surface area contributed by atoms with Crippen molar-refractivity contribution in [2.75, 3.05) is 13.1 Å². The molecule has 1 aromatic rings. The first kappa shape index (κ1) is 19.0. The summed E-state index contributed by atoms with van der Waals surface area (Å²) >= 11 is 6.10. The van der Waals surface area contributed by atoms with Gasteiger partial charge in [0.05, 0.1) is 13.1 Å². The fourth-order valence-corrected chi connectivity index (χ4v) is 2.00. The summed E-state index contributed by atoms with van der Waals surface area (Å²) in [6, 6.07) is 7.98. The highest BCUT2D eigenvalue weighted by atomic mass is 127. The minimum Gasteiger partial charge on any atom is -0.357 e. The molecule has 0 aliphatic heterocycles. The van der Waals surface area contributed by atoms with Crippen LogP contribution in [0.2, 0.25) is 5.02 Å². The molecule has 1 aliphatic rings. The molecule has 0 spiro atoms. The standard InChI is InChI=1S/C15H21ClN4O.HI/c1-2-17-15(19-10-14(21)20-12-7-8-12)18-9-11-5-3-4-6-13(11)16;/h3-6,12H,2,7-10H2,1H3,(H,20,21)(H2,17,18,19);1H. The molecule has 122 valence electrons. The number of aliphatic imine (C=N–C) groups is 1. The van der Waals surface area contributed by atoms with Crippen molar-refractivity contribution in [3.8, 4) is 0 Å².